The molecular weight excluding hydrogens is 374 g/mol. The van der Waals surface area contributed by atoms with E-state index in [4.69, 9.17) is 9.47 Å². The largest absolute Gasteiger partial charge is 0.497 e. The number of amides is 1. The number of hydrogen-bond donors (Lipinski definition) is 2. The van der Waals surface area contributed by atoms with Crippen LogP contribution in [-0.4, -0.2) is 39.7 Å². The highest BCUT2D eigenvalue weighted by atomic mass is 16.5. The number of carbonyl (C=O) groups excluding carboxylic acids is 1. The predicted molar refractivity (Wildman–Crippen MR) is 107 cm³/mol. The molecule has 146 valence electrons. The smallest absolute Gasteiger partial charge is 0.256 e. The number of anilines is 1. The Morgan fingerprint density at radius 1 is 1.00 bits per heavy atom. The first-order valence-corrected chi connectivity index (χ1v) is 8.67. The number of ether oxygens (including phenoxy) is 2. The molecule has 4 aromatic rings. The van der Waals surface area contributed by atoms with Crippen LogP contribution in [0.15, 0.2) is 59.4 Å². The zero-order valence-electron chi connectivity index (χ0n) is 15.7. The number of fused-ring (bicyclic) bond motifs is 1. The molecule has 0 fully saturated rings. The van der Waals surface area contributed by atoms with Crippen LogP contribution in [0.25, 0.3) is 17.2 Å². The minimum Gasteiger partial charge on any atom is -0.497 e. The van der Waals surface area contributed by atoms with Crippen molar-refractivity contribution in [2.24, 2.45) is 0 Å². The summed E-state index contributed by atoms with van der Waals surface area (Å²) in [5, 5.41) is 7.12. The van der Waals surface area contributed by atoms with Crippen LogP contribution in [0.2, 0.25) is 0 Å². The van der Waals surface area contributed by atoms with Gasteiger partial charge in [0.2, 0.25) is 5.78 Å². The third-order valence-corrected chi connectivity index (χ3v) is 4.28. The lowest BCUT2D eigenvalue weighted by atomic mass is 10.2. The predicted octanol–water partition coefficient (Wildman–Crippen LogP) is 2.35. The molecule has 0 unspecified atom stereocenters. The molecule has 2 heterocycles. The Morgan fingerprint density at radius 2 is 1.62 bits per heavy atom. The standard InChI is InChI=1S/C20H17N5O4/c1-28-14-7-3-12(4-8-14)18-23-20-22-17(26)11-16(25(20)24-18)21-19(27)13-5-9-15(29-2)10-6-13/h3-11H,1-2H3,(H,21,27)(H,22,23,24,26). The Hall–Kier alpha value is -4.14. The summed E-state index contributed by atoms with van der Waals surface area (Å²) in [5.74, 6) is 1.78. The topological polar surface area (TPSA) is 111 Å². The number of methoxy groups -OCH3 is 2. The fourth-order valence-electron chi connectivity index (χ4n) is 2.77. The number of nitrogens with one attached hydrogen (secondary N) is 2. The molecule has 4 rings (SSSR count). The quantitative estimate of drug-likeness (QED) is 0.540. The first-order valence-electron chi connectivity index (χ1n) is 8.67. The Bertz CT molecular complexity index is 1230. The summed E-state index contributed by atoms with van der Waals surface area (Å²) in [7, 11) is 3.13. The van der Waals surface area contributed by atoms with Crippen molar-refractivity contribution in [3.05, 3.63) is 70.5 Å². The van der Waals surface area contributed by atoms with Crippen LogP contribution in [0.4, 0.5) is 5.82 Å². The highest BCUT2D eigenvalue weighted by Crippen LogP contribution is 2.21. The average Bonchev–Trinajstić information content (AvgIpc) is 3.18. The Kier molecular flexibility index (Phi) is 4.70. The first kappa shape index (κ1) is 18.2. The van der Waals surface area contributed by atoms with Crippen LogP contribution in [0.5, 0.6) is 11.5 Å². The monoisotopic (exact) mass is 391 g/mol. The van der Waals surface area contributed by atoms with E-state index >= 15 is 0 Å². The maximum atomic E-state index is 12.6. The van der Waals surface area contributed by atoms with Gasteiger partial charge in [0.15, 0.2) is 5.82 Å². The van der Waals surface area contributed by atoms with Crippen molar-refractivity contribution in [3.63, 3.8) is 0 Å². The zero-order chi connectivity index (χ0) is 20.4. The van der Waals surface area contributed by atoms with Crippen molar-refractivity contribution in [2.75, 3.05) is 19.5 Å². The SMILES string of the molecule is COc1ccc(C(=O)Nc2cc(=O)[nH]c3nc(-c4ccc(OC)cc4)nn23)cc1. The van der Waals surface area contributed by atoms with E-state index in [2.05, 4.69) is 20.4 Å². The van der Waals surface area contributed by atoms with Gasteiger partial charge in [-0.3, -0.25) is 14.6 Å². The lowest BCUT2D eigenvalue weighted by molar-refractivity contribution is 0.102. The van der Waals surface area contributed by atoms with Gasteiger partial charge >= 0.3 is 0 Å². The molecule has 0 saturated carbocycles. The van der Waals surface area contributed by atoms with Gasteiger partial charge in [0.1, 0.15) is 17.3 Å². The summed E-state index contributed by atoms with van der Waals surface area (Å²) in [6, 6.07) is 15.1. The maximum absolute atomic E-state index is 12.6. The minimum atomic E-state index is -0.406. The molecule has 0 aliphatic rings. The van der Waals surface area contributed by atoms with Gasteiger partial charge in [-0.2, -0.15) is 9.50 Å². The summed E-state index contributed by atoms with van der Waals surface area (Å²) in [4.78, 5) is 31.6. The van der Waals surface area contributed by atoms with Crippen molar-refractivity contribution in [2.45, 2.75) is 0 Å². The highest BCUT2D eigenvalue weighted by Gasteiger charge is 2.14. The fraction of sp³-hybridized carbons (Fsp3) is 0.100. The summed E-state index contributed by atoms with van der Waals surface area (Å²) in [6.07, 6.45) is 0. The number of nitrogens with zero attached hydrogens (tertiary/aromatic N) is 3. The number of aromatic amines is 1. The molecule has 2 N–H and O–H groups in total. The van der Waals surface area contributed by atoms with E-state index in [9.17, 15) is 9.59 Å². The van der Waals surface area contributed by atoms with Crippen molar-refractivity contribution >= 4 is 17.5 Å². The molecule has 2 aromatic heterocycles. The van der Waals surface area contributed by atoms with E-state index in [1.807, 2.05) is 0 Å². The van der Waals surface area contributed by atoms with Crippen LogP contribution in [0.3, 0.4) is 0 Å². The van der Waals surface area contributed by atoms with E-state index in [1.54, 1.807) is 62.8 Å². The number of hydrogen-bond acceptors (Lipinski definition) is 6. The fourth-order valence-corrected chi connectivity index (χ4v) is 2.77. The van der Waals surface area contributed by atoms with Crippen LogP contribution in [0.1, 0.15) is 10.4 Å². The normalized spacial score (nSPS) is 10.7. The van der Waals surface area contributed by atoms with Crippen molar-refractivity contribution in [3.8, 4) is 22.9 Å². The molecule has 0 aliphatic carbocycles. The van der Waals surface area contributed by atoms with Gasteiger partial charge in [0.25, 0.3) is 11.5 Å². The van der Waals surface area contributed by atoms with E-state index < -0.39 is 5.56 Å². The van der Waals surface area contributed by atoms with Crippen molar-refractivity contribution < 1.29 is 14.3 Å². The molecule has 9 heteroatoms. The van der Waals surface area contributed by atoms with Crippen LogP contribution < -0.4 is 20.3 Å². The van der Waals surface area contributed by atoms with Gasteiger partial charge in [0, 0.05) is 17.2 Å². The molecular formula is C20H17N5O4. The van der Waals surface area contributed by atoms with Gasteiger partial charge < -0.3 is 14.8 Å². The number of benzene rings is 2. The van der Waals surface area contributed by atoms with Gasteiger partial charge in [0.05, 0.1) is 14.2 Å². The molecule has 29 heavy (non-hydrogen) atoms. The van der Waals surface area contributed by atoms with Crippen LogP contribution in [0, 0.1) is 0 Å². The number of aromatic nitrogens is 4. The molecule has 0 spiro atoms. The van der Waals surface area contributed by atoms with E-state index in [0.717, 1.165) is 5.56 Å². The van der Waals surface area contributed by atoms with Crippen molar-refractivity contribution in [1.29, 1.82) is 0 Å². The van der Waals surface area contributed by atoms with Crippen LogP contribution in [-0.2, 0) is 0 Å². The third kappa shape index (κ3) is 3.65. The Morgan fingerprint density at radius 3 is 2.24 bits per heavy atom. The van der Waals surface area contributed by atoms with Gasteiger partial charge in [-0.15, -0.1) is 5.10 Å². The molecule has 1 amide bonds. The second kappa shape index (κ2) is 7.47. The molecule has 0 aliphatic heterocycles. The Labute approximate surface area is 164 Å². The summed E-state index contributed by atoms with van der Waals surface area (Å²) in [5.41, 5.74) is 0.744. The Balaban J connectivity index is 1.69. The zero-order valence-corrected chi connectivity index (χ0v) is 15.7. The average molecular weight is 391 g/mol. The van der Waals surface area contributed by atoms with Gasteiger partial charge in [-0.1, -0.05) is 0 Å². The summed E-state index contributed by atoms with van der Waals surface area (Å²) >= 11 is 0. The van der Waals surface area contributed by atoms with E-state index in [1.165, 1.54) is 10.6 Å². The van der Waals surface area contributed by atoms with Crippen molar-refractivity contribution in [1.82, 2.24) is 19.6 Å². The lowest BCUT2D eigenvalue weighted by Gasteiger charge is -2.07. The van der Waals surface area contributed by atoms with Crippen LogP contribution >= 0.6 is 0 Å². The molecule has 0 saturated heterocycles. The van der Waals surface area contributed by atoms with E-state index in [-0.39, 0.29) is 17.5 Å². The minimum absolute atomic E-state index is 0.205. The third-order valence-electron chi connectivity index (χ3n) is 4.28. The van der Waals surface area contributed by atoms with Gasteiger partial charge in [-0.05, 0) is 48.5 Å². The maximum Gasteiger partial charge on any atom is 0.256 e. The lowest BCUT2D eigenvalue weighted by Crippen LogP contribution is -2.18. The number of rotatable bonds is 5. The van der Waals surface area contributed by atoms with E-state index in [0.29, 0.717) is 22.9 Å². The summed E-state index contributed by atoms with van der Waals surface area (Å²) in [6.45, 7) is 0. The van der Waals surface area contributed by atoms with Gasteiger partial charge in [-0.25, -0.2) is 0 Å². The highest BCUT2D eigenvalue weighted by molar-refractivity contribution is 6.03. The molecule has 9 nitrogen and oxygen atoms in total. The molecule has 2 aromatic carbocycles. The second-order valence-corrected chi connectivity index (χ2v) is 6.10. The molecule has 0 bridgehead atoms. The first-order chi connectivity index (χ1) is 14.1. The summed E-state index contributed by atoms with van der Waals surface area (Å²) < 4.78 is 11.6. The second-order valence-electron chi connectivity index (χ2n) is 6.10. The molecule has 0 radical (unpaired) electrons. The molecule has 0 atom stereocenters. The number of H-pyrrole nitrogens is 1. The number of carbonyl (C=O) groups is 1.